The fraction of sp³-hybridized carbons (Fsp3) is 0.385. The minimum absolute atomic E-state index is 0.101. The van der Waals surface area contributed by atoms with E-state index in [1.54, 1.807) is 11.8 Å². The number of Topliss-reactive ketones (excluding diaryl/α,β-unsaturated/α-hetero) is 1. The highest BCUT2D eigenvalue weighted by Gasteiger charge is 2.24. The fourth-order valence-corrected chi connectivity index (χ4v) is 3.32. The van der Waals surface area contributed by atoms with Crippen molar-refractivity contribution >= 4 is 28.6 Å². The maximum atomic E-state index is 11.8. The first kappa shape index (κ1) is 10.8. The molecule has 17 heavy (non-hydrogen) atoms. The van der Waals surface area contributed by atoms with E-state index in [2.05, 4.69) is 9.97 Å². The topological polar surface area (TPSA) is 45.8 Å². The number of hydrogen-bond donors (Lipinski definition) is 1. The van der Waals surface area contributed by atoms with Crippen LogP contribution in [0, 0.1) is 0 Å². The molecule has 1 atom stereocenters. The van der Waals surface area contributed by atoms with Gasteiger partial charge in [-0.05, 0) is 25.0 Å². The Bertz CT molecular complexity index is 516. The fourth-order valence-electron chi connectivity index (χ4n) is 2.20. The number of carbonyl (C=O) groups excluding carboxylic acids is 1. The van der Waals surface area contributed by atoms with Crippen LogP contribution in [0.15, 0.2) is 29.4 Å². The molecule has 4 heteroatoms. The summed E-state index contributed by atoms with van der Waals surface area (Å²) in [5.41, 5.74) is 2.01. The monoisotopic (exact) mass is 246 g/mol. The van der Waals surface area contributed by atoms with Crippen molar-refractivity contribution in [3.63, 3.8) is 0 Å². The molecule has 1 aromatic carbocycles. The number of imidazole rings is 1. The highest BCUT2D eigenvalue weighted by Crippen LogP contribution is 2.30. The van der Waals surface area contributed by atoms with Gasteiger partial charge in [0.15, 0.2) is 5.16 Å². The molecule has 3 rings (SSSR count). The van der Waals surface area contributed by atoms with Crippen molar-refractivity contribution in [2.75, 3.05) is 0 Å². The Morgan fingerprint density at radius 2 is 2.18 bits per heavy atom. The second-order valence-corrected chi connectivity index (χ2v) is 5.57. The van der Waals surface area contributed by atoms with Crippen molar-refractivity contribution in [1.82, 2.24) is 9.97 Å². The zero-order valence-electron chi connectivity index (χ0n) is 9.48. The van der Waals surface area contributed by atoms with Gasteiger partial charge < -0.3 is 4.98 Å². The summed E-state index contributed by atoms with van der Waals surface area (Å²) in [7, 11) is 0. The SMILES string of the molecule is O=C1CCCC[C@H]1Sc1nc2ccccc2[nH]1. The summed E-state index contributed by atoms with van der Waals surface area (Å²) >= 11 is 1.58. The van der Waals surface area contributed by atoms with Gasteiger partial charge in [0.25, 0.3) is 0 Å². The largest absolute Gasteiger partial charge is 0.333 e. The van der Waals surface area contributed by atoms with Crippen LogP contribution in [-0.2, 0) is 4.79 Å². The number of rotatable bonds is 2. The van der Waals surface area contributed by atoms with Gasteiger partial charge in [-0.2, -0.15) is 0 Å². The Balaban J connectivity index is 1.82. The summed E-state index contributed by atoms with van der Waals surface area (Å²) < 4.78 is 0. The Labute approximate surface area is 104 Å². The molecular weight excluding hydrogens is 232 g/mol. The smallest absolute Gasteiger partial charge is 0.167 e. The lowest BCUT2D eigenvalue weighted by atomic mass is 9.99. The van der Waals surface area contributed by atoms with Crippen molar-refractivity contribution in [1.29, 1.82) is 0 Å². The Morgan fingerprint density at radius 1 is 1.29 bits per heavy atom. The number of fused-ring (bicyclic) bond motifs is 1. The first-order chi connectivity index (χ1) is 8.33. The second kappa shape index (κ2) is 4.53. The first-order valence-electron chi connectivity index (χ1n) is 5.97. The minimum atomic E-state index is 0.101. The van der Waals surface area contributed by atoms with Crippen molar-refractivity contribution in [3.05, 3.63) is 24.3 Å². The molecule has 0 unspecified atom stereocenters. The Morgan fingerprint density at radius 3 is 3.00 bits per heavy atom. The minimum Gasteiger partial charge on any atom is -0.333 e. The van der Waals surface area contributed by atoms with Crippen LogP contribution in [0.2, 0.25) is 0 Å². The molecule has 1 heterocycles. The molecule has 1 saturated carbocycles. The number of nitrogens with one attached hydrogen (secondary N) is 1. The number of benzene rings is 1. The van der Waals surface area contributed by atoms with Crippen LogP contribution in [0.1, 0.15) is 25.7 Å². The summed E-state index contributed by atoms with van der Waals surface area (Å²) in [4.78, 5) is 19.5. The number of H-pyrrole nitrogens is 1. The lowest BCUT2D eigenvalue weighted by Gasteiger charge is -2.18. The predicted octanol–water partition coefficient (Wildman–Crippen LogP) is 3.17. The zero-order valence-corrected chi connectivity index (χ0v) is 10.3. The van der Waals surface area contributed by atoms with Crippen LogP contribution in [0.25, 0.3) is 11.0 Å². The maximum absolute atomic E-state index is 11.8. The van der Waals surface area contributed by atoms with E-state index in [1.165, 1.54) is 0 Å². The van der Waals surface area contributed by atoms with Crippen LogP contribution < -0.4 is 0 Å². The van der Waals surface area contributed by atoms with Gasteiger partial charge in [-0.15, -0.1) is 0 Å². The highest BCUT2D eigenvalue weighted by atomic mass is 32.2. The molecule has 0 radical (unpaired) electrons. The number of aromatic amines is 1. The number of carbonyl (C=O) groups is 1. The predicted molar refractivity (Wildman–Crippen MR) is 69.2 cm³/mol. The standard InChI is InChI=1S/C13H14N2OS/c16-11-7-3-4-8-12(11)17-13-14-9-5-1-2-6-10(9)15-13/h1-2,5-6,12H,3-4,7-8H2,(H,14,15)/t12-/m1/s1. The van der Waals surface area contributed by atoms with Crippen LogP contribution in [0.4, 0.5) is 0 Å². The molecule has 0 bridgehead atoms. The van der Waals surface area contributed by atoms with E-state index in [4.69, 9.17) is 0 Å². The summed E-state index contributed by atoms with van der Waals surface area (Å²) in [6.45, 7) is 0. The van der Waals surface area contributed by atoms with Gasteiger partial charge in [0.05, 0.1) is 16.3 Å². The lowest BCUT2D eigenvalue weighted by molar-refractivity contribution is -0.119. The molecule has 0 amide bonds. The summed E-state index contributed by atoms with van der Waals surface area (Å²) in [6, 6.07) is 7.96. The summed E-state index contributed by atoms with van der Waals surface area (Å²) in [6.07, 6.45) is 3.93. The van der Waals surface area contributed by atoms with E-state index >= 15 is 0 Å². The normalized spacial score (nSPS) is 20.9. The number of nitrogens with zero attached hydrogens (tertiary/aromatic N) is 1. The van der Waals surface area contributed by atoms with Crippen molar-refractivity contribution in [2.24, 2.45) is 0 Å². The van der Waals surface area contributed by atoms with Crippen LogP contribution >= 0.6 is 11.8 Å². The van der Waals surface area contributed by atoms with E-state index in [1.807, 2.05) is 24.3 Å². The van der Waals surface area contributed by atoms with Gasteiger partial charge in [0, 0.05) is 6.42 Å². The molecule has 0 saturated heterocycles. The van der Waals surface area contributed by atoms with Crippen molar-refractivity contribution in [3.8, 4) is 0 Å². The number of aromatic nitrogens is 2. The zero-order chi connectivity index (χ0) is 11.7. The molecule has 0 aliphatic heterocycles. The average Bonchev–Trinajstić information content (AvgIpc) is 2.74. The number of para-hydroxylation sites is 2. The molecule has 1 aliphatic carbocycles. The van der Waals surface area contributed by atoms with E-state index in [9.17, 15) is 4.79 Å². The van der Waals surface area contributed by atoms with Crippen LogP contribution in [0.5, 0.6) is 0 Å². The summed E-state index contributed by atoms with van der Waals surface area (Å²) in [5.74, 6) is 0.377. The number of ketones is 1. The first-order valence-corrected chi connectivity index (χ1v) is 6.85. The van der Waals surface area contributed by atoms with E-state index in [-0.39, 0.29) is 5.25 Å². The molecule has 1 aromatic heterocycles. The van der Waals surface area contributed by atoms with Crippen molar-refractivity contribution < 1.29 is 4.79 Å². The van der Waals surface area contributed by atoms with Crippen LogP contribution in [0.3, 0.4) is 0 Å². The van der Waals surface area contributed by atoms with E-state index < -0.39 is 0 Å². The van der Waals surface area contributed by atoms with Gasteiger partial charge in [0.2, 0.25) is 0 Å². The second-order valence-electron chi connectivity index (χ2n) is 4.38. The highest BCUT2D eigenvalue weighted by molar-refractivity contribution is 8.00. The molecule has 88 valence electrons. The van der Waals surface area contributed by atoms with Crippen molar-refractivity contribution in [2.45, 2.75) is 36.1 Å². The van der Waals surface area contributed by atoms with Gasteiger partial charge in [-0.3, -0.25) is 4.79 Å². The molecule has 1 fully saturated rings. The number of thioether (sulfide) groups is 1. The lowest BCUT2D eigenvalue weighted by Crippen LogP contribution is -2.21. The van der Waals surface area contributed by atoms with Gasteiger partial charge >= 0.3 is 0 Å². The maximum Gasteiger partial charge on any atom is 0.167 e. The van der Waals surface area contributed by atoms with E-state index in [0.29, 0.717) is 5.78 Å². The van der Waals surface area contributed by atoms with E-state index in [0.717, 1.165) is 41.9 Å². The Kier molecular flexibility index (Phi) is 2.89. The molecule has 0 spiro atoms. The van der Waals surface area contributed by atoms with Crippen LogP contribution in [-0.4, -0.2) is 21.0 Å². The third kappa shape index (κ3) is 2.22. The third-order valence-corrected chi connectivity index (χ3v) is 4.32. The van der Waals surface area contributed by atoms with Gasteiger partial charge in [0.1, 0.15) is 5.78 Å². The van der Waals surface area contributed by atoms with Gasteiger partial charge in [-0.25, -0.2) is 4.98 Å². The third-order valence-electron chi connectivity index (χ3n) is 3.12. The molecular formula is C13H14N2OS. The molecule has 1 aliphatic rings. The molecule has 2 aromatic rings. The van der Waals surface area contributed by atoms with Gasteiger partial charge in [-0.1, -0.05) is 30.3 Å². The Hall–Kier alpha value is -1.29. The number of hydrogen-bond acceptors (Lipinski definition) is 3. The molecule has 3 nitrogen and oxygen atoms in total. The average molecular weight is 246 g/mol. The molecule has 1 N–H and O–H groups in total. The quantitative estimate of drug-likeness (QED) is 0.885. The summed E-state index contributed by atoms with van der Waals surface area (Å²) in [5, 5.41) is 0.968.